The number of para-hydroxylation sites is 1. The number of fused-ring (bicyclic) bond motifs is 1. The molecular weight excluding hydrogens is 344 g/mol. The van der Waals surface area contributed by atoms with Crippen LogP contribution in [0.15, 0.2) is 29.1 Å². The summed E-state index contributed by atoms with van der Waals surface area (Å²) in [7, 11) is 0. The van der Waals surface area contributed by atoms with Crippen LogP contribution in [0.1, 0.15) is 31.2 Å². The largest absolute Gasteiger partial charge is 0.358 e. The first-order valence-electron chi connectivity index (χ1n) is 8.26. The van der Waals surface area contributed by atoms with Gasteiger partial charge in [0.05, 0.1) is 22.9 Å². The molecule has 0 spiro atoms. The molecule has 1 aromatic carbocycles. The topological polar surface area (TPSA) is 53.1 Å². The minimum Gasteiger partial charge on any atom is -0.358 e. The molecule has 1 aliphatic heterocycles. The molecule has 7 heteroatoms. The SMILES string of the molecule is O=c1[nH]c(=S)n(-c2ccccc2Cl)c2c1CN(C1CCCC1)CN2. The third-order valence-corrected chi connectivity index (χ3v) is 5.56. The molecule has 0 amide bonds. The monoisotopic (exact) mass is 362 g/mol. The quantitative estimate of drug-likeness (QED) is 0.800. The first-order valence-corrected chi connectivity index (χ1v) is 9.05. The molecule has 4 rings (SSSR count). The summed E-state index contributed by atoms with van der Waals surface area (Å²) in [5, 5.41) is 4.01. The van der Waals surface area contributed by atoms with Crippen LogP contribution in [-0.2, 0) is 6.54 Å². The zero-order chi connectivity index (χ0) is 16.7. The molecule has 1 saturated carbocycles. The van der Waals surface area contributed by atoms with E-state index < -0.39 is 0 Å². The average molecular weight is 363 g/mol. The summed E-state index contributed by atoms with van der Waals surface area (Å²) < 4.78 is 2.19. The summed E-state index contributed by atoms with van der Waals surface area (Å²) in [6, 6.07) is 8.07. The van der Waals surface area contributed by atoms with Crippen LogP contribution < -0.4 is 10.9 Å². The summed E-state index contributed by atoms with van der Waals surface area (Å²) in [5.74, 6) is 0.756. The van der Waals surface area contributed by atoms with Crippen molar-refractivity contribution < 1.29 is 0 Å². The lowest BCUT2D eigenvalue weighted by Crippen LogP contribution is -2.43. The van der Waals surface area contributed by atoms with Crippen LogP contribution >= 0.6 is 23.8 Å². The Morgan fingerprint density at radius 3 is 2.71 bits per heavy atom. The molecule has 0 atom stereocenters. The molecule has 126 valence electrons. The number of H-pyrrole nitrogens is 1. The molecular formula is C17H19ClN4OS. The van der Waals surface area contributed by atoms with Crippen LogP contribution in [0, 0.1) is 4.77 Å². The average Bonchev–Trinajstić information content (AvgIpc) is 3.11. The second-order valence-electron chi connectivity index (χ2n) is 6.39. The highest BCUT2D eigenvalue weighted by molar-refractivity contribution is 7.71. The van der Waals surface area contributed by atoms with Gasteiger partial charge < -0.3 is 5.32 Å². The zero-order valence-corrected chi connectivity index (χ0v) is 14.8. The maximum absolute atomic E-state index is 12.5. The maximum Gasteiger partial charge on any atom is 0.258 e. The number of nitrogens with zero attached hydrogens (tertiary/aromatic N) is 2. The van der Waals surface area contributed by atoms with Gasteiger partial charge in [0.2, 0.25) is 0 Å². The second kappa shape index (κ2) is 6.35. The van der Waals surface area contributed by atoms with Gasteiger partial charge in [-0.1, -0.05) is 36.6 Å². The number of aromatic amines is 1. The molecule has 0 saturated heterocycles. The lowest BCUT2D eigenvalue weighted by atomic mass is 10.1. The van der Waals surface area contributed by atoms with Gasteiger partial charge >= 0.3 is 0 Å². The van der Waals surface area contributed by atoms with Crippen molar-refractivity contribution in [2.45, 2.75) is 38.3 Å². The van der Waals surface area contributed by atoms with Crippen molar-refractivity contribution in [3.8, 4) is 5.69 Å². The first-order chi connectivity index (χ1) is 11.6. The standard InChI is InChI=1S/C17H19ClN4OS/c18-13-7-3-4-8-14(13)22-15-12(16(23)20-17(22)24)9-21(10-19-15)11-5-1-2-6-11/h3-4,7-8,11,19H,1-2,5-6,9-10H2,(H,20,23,24). The van der Waals surface area contributed by atoms with E-state index in [1.807, 2.05) is 28.8 Å². The number of hydrogen-bond acceptors (Lipinski definition) is 4. The molecule has 24 heavy (non-hydrogen) atoms. The van der Waals surface area contributed by atoms with E-state index in [2.05, 4.69) is 15.2 Å². The number of hydrogen-bond donors (Lipinski definition) is 2. The van der Waals surface area contributed by atoms with Gasteiger partial charge in [0.1, 0.15) is 5.82 Å². The Labute approximate surface area is 150 Å². The predicted octanol–water partition coefficient (Wildman–Crippen LogP) is 3.68. The zero-order valence-electron chi connectivity index (χ0n) is 13.2. The van der Waals surface area contributed by atoms with Crippen LogP contribution in [0.2, 0.25) is 5.02 Å². The van der Waals surface area contributed by atoms with Crippen molar-refractivity contribution >= 4 is 29.6 Å². The van der Waals surface area contributed by atoms with Crippen molar-refractivity contribution in [1.82, 2.24) is 14.5 Å². The molecule has 1 aliphatic carbocycles. The Morgan fingerprint density at radius 2 is 1.96 bits per heavy atom. The van der Waals surface area contributed by atoms with Crippen LogP contribution in [0.3, 0.4) is 0 Å². The van der Waals surface area contributed by atoms with Crippen molar-refractivity contribution in [3.05, 3.63) is 50.0 Å². The molecule has 1 aromatic heterocycles. The number of nitrogens with one attached hydrogen (secondary N) is 2. The van der Waals surface area contributed by atoms with Gasteiger partial charge in [-0.2, -0.15) is 0 Å². The van der Waals surface area contributed by atoms with Gasteiger partial charge in [0, 0.05) is 12.6 Å². The fourth-order valence-corrected chi connectivity index (χ4v) is 4.23. The molecule has 0 radical (unpaired) electrons. The number of rotatable bonds is 2. The van der Waals surface area contributed by atoms with E-state index in [4.69, 9.17) is 23.8 Å². The van der Waals surface area contributed by atoms with E-state index in [9.17, 15) is 4.79 Å². The van der Waals surface area contributed by atoms with Gasteiger partial charge in [-0.3, -0.25) is 19.2 Å². The van der Waals surface area contributed by atoms with Gasteiger partial charge in [-0.15, -0.1) is 0 Å². The van der Waals surface area contributed by atoms with Gasteiger partial charge in [0.25, 0.3) is 5.56 Å². The van der Waals surface area contributed by atoms with Crippen molar-refractivity contribution in [2.75, 3.05) is 12.0 Å². The van der Waals surface area contributed by atoms with E-state index in [0.717, 1.165) is 23.7 Å². The normalized spacial score (nSPS) is 18.4. The van der Waals surface area contributed by atoms with Gasteiger partial charge in [-0.25, -0.2) is 0 Å². The number of aromatic nitrogens is 2. The molecule has 0 bridgehead atoms. The van der Waals surface area contributed by atoms with Crippen molar-refractivity contribution in [1.29, 1.82) is 0 Å². The summed E-state index contributed by atoms with van der Waals surface area (Å²) in [6.07, 6.45) is 4.96. The highest BCUT2D eigenvalue weighted by atomic mass is 35.5. The van der Waals surface area contributed by atoms with E-state index in [1.54, 1.807) is 0 Å². The van der Waals surface area contributed by atoms with Crippen LogP contribution in [-0.4, -0.2) is 27.2 Å². The lowest BCUT2D eigenvalue weighted by Gasteiger charge is -2.35. The highest BCUT2D eigenvalue weighted by Gasteiger charge is 2.29. The van der Waals surface area contributed by atoms with Crippen LogP contribution in [0.4, 0.5) is 5.82 Å². The summed E-state index contributed by atoms with van der Waals surface area (Å²) in [5.41, 5.74) is 1.38. The highest BCUT2D eigenvalue weighted by Crippen LogP contribution is 2.31. The van der Waals surface area contributed by atoms with Gasteiger partial charge in [-0.05, 0) is 37.2 Å². The first kappa shape index (κ1) is 15.9. The Morgan fingerprint density at radius 1 is 1.21 bits per heavy atom. The number of anilines is 1. The molecule has 2 N–H and O–H groups in total. The van der Waals surface area contributed by atoms with Crippen LogP contribution in [0.25, 0.3) is 5.69 Å². The maximum atomic E-state index is 12.5. The minimum atomic E-state index is -0.117. The molecule has 2 heterocycles. The molecule has 5 nitrogen and oxygen atoms in total. The lowest BCUT2D eigenvalue weighted by molar-refractivity contribution is 0.195. The summed E-state index contributed by atoms with van der Waals surface area (Å²) >= 11 is 11.7. The van der Waals surface area contributed by atoms with E-state index in [1.165, 1.54) is 25.7 Å². The Bertz CT molecular complexity index is 885. The minimum absolute atomic E-state index is 0.117. The van der Waals surface area contributed by atoms with E-state index in [-0.39, 0.29) is 5.56 Å². The van der Waals surface area contributed by atoms with E-state index >= 15 is 0 Å². The Balaban J connectivity index is 1.81. The van der Waals surface area contributed by atoms with Gasteiger partial charge in [0.15, 0.2) is 4.77 Å². The summed E-state index contributed by atoms with van der Waals surface area (Å²) in [6.45, 7) is 1.36. The van der Waals surface area contributed by atoms with Crippen molar-refractivity contribution in [3.63, 3.8) is 0 Å². The third kappa shape index (κ3) is 2.68. The number of halogens is 1. The van der Waals surface area contributed by atoms with Crippen molar-refractivity contribution in [2.24, 2.45) is 0 Å². The van der Waals surface area contributed by atoms with E-state index in [0.29, 0.717) is 22.4 Å². The predicted molar refractivity (Wildman–Crippen MR) is 98.5 cm³/mol. The smallest absolute Gasteiger partial charge is 0.258 e. The molecule has 2 aliphatic rings. The number of benzene rings is 1. The molecule has 0 unspecified atom stereocenters. The molecule has 1 fully saturated rings. The fourth-order valence-electron chi connectivity index (χ4n) is 3.73. The Hall–Kier alpha value is -1.63. The molecule has 2 aromatic rings. The fraction of sp³-hybridized carbons (Fsp3) is 0.412. The van der Waals surface area contributed by atoms with Crippen LogP contribution in [0.5, 0.6) is 0 Å². The Kier molecular flexibility index (Phi) is 4.20. The third-order valence-electron chi connectivity index (χ3n) is 4.95. The summed E-state index contributed by atoms with van der Waals surface area (Å²) in [4.78, 5) is 17.6. The second-order valence-corrected chi connectivity index (χ2v) is 7.19.